The molecule has 1 aliphatic carbocycles. The van der Waals surface area contributed by atoms with Crippen molar-refractivity contribution in [3.8, 4) is 17.0 Å². The standard InChI is InChI=1S/C14H14ClN3O3S/c1-21-11-5-2-9(13-14(15)17-7-6-16-13)8-12(11)22(19,20)18-10-3-4-10/h2,5-8,10,18H,3-4H2,1H3. The summed E-state index contributed by atoms with van der Waals surface area (Å²) in [6, 6.07) is 4.80. The van der Waals surface area contributed by atoms with E-state index in [0.717, 1.165) is 12.8 Å². The molecule has 1 N–H and O–H groups in total. The minimum Gasteiger partial charge on any atom is -0.495 e. The fourth-order valence-corrected chi connectivity index (χ4v) is 3.75. The van der Waals surface area contributed by atoms with Crippen molar-refractivity contribution in [3.05, 3.63) is 35.7 Å². The van der Waals surface area contributed by atoms with E-state index in [0.29, 0.717) is 11.3 Å². The maximum Gasteiger partial charge on any atom is 0.244 e. The van der Waals surface area contributed by atoms with Crippen LogP contribution in [0.15, 0.2) is 35.5 Å². The maximum atomic E-state index is 12.5. The summed E-state index contributed by atoms with van der Waals surface area (Å²) in [6.07, 6.45) is 4.69. The normalized spacial score (nSPS) is 14.8. The first-order valence-corrected chi connectivity index (χ1v) is 8.54. The van der Waals surface area contributed by atoms with E-state index in [2.05, 4.69) is 14.7 Å². The number of benzene rings is 1. The summed E-state index contributed by atoms with van der Waals surface area (Å²) in [4.78, 5) is 8.18. The zero-order valence-corrected chi connectivity index (χ0v) is 13.4. The lowest BCUT2D eigenvalue weighted by atomic mass is 10.1. The Bertz CT molecular complexity index is 807. The van der Waals surface area contributed by atoms with Gasteiger partial charge >= 0.3 is 0 Å². The molecule has 0 radical (unpaired) electrons. The monoisotopic (exact) mass is 339 g/mol. The van der Waals surface area contributed by atoms with Crippen molar-refractivity contribution in [3.63, 3.8) is 0 Å². The Morgan fingerprint density at radius 1 is 1.27 bits per heavy atom. The number of rotatable bonds is 5. The molecule has 3 rings (SSSR count). The highest BCUT2D eigenvalue weighted by Gasteiger charge is 2.30. The van der Waals surface area contributed by atoms with Gasteiger partial charge in [-0.15, -0.1) is 0 Å². The minimum absolute atomic E-state index is 0.0125. The Labute approximate surface area is 133 Å². The first-order chi connectivity index (χ1) is 10.5. The van der Waals surface area contributed by atoms with E-state index >= 15 is 0 Å². The molecule has 1 aromatic heterocycles. The van der Waals surface area contributed by atoms with Gasteiger partial charge in [0, 0.05) is 24.0 Å². The van der Waals surface area contributed by atoms with Crippen molar-refractivity contribution < 1.29 is 13.2 Å². The molecular weight excluding hydrogens is 326 g/mol. The van der Waals surface area contributed by atoms with Gasteiger partial charge in [0.25, 0.3) is 0 Å². The lowest BCUT2D eigenvalue weighted by molar-refractivity contribution is 0.402. The van der Waals surface area contributed by atoms with E-state index in [1.807, 2.05) is 0 Å². The molecule has 0 amide bonds. The van der Waals surface area contributed by atoms with Crippen molar-refractivity contribution in [1.82, 2.24) is 14.7 Å². The Morgan fingerprint density at radius 2 is 2.00 bits per heavy atom. The molecule has 0 bridgehead atoms. The van der Waals surface area contributed by atoms with Gasteiger partial charge in [-0.1, -0.05) is 11.6 Å². The fourth-order valence-electron chi connectivity index (χ4n) is 2.03. The molecule has 0 unspecified atom stereocenters. The number of methoxy groups -OCH3 is 1. The highest BCUT2D eigenvalue weighted by atomic mass is 35.5. The molecule has 0 aliphatic heterocycles. The van der Waals surface area contributed by atoms with Crippen LogP contribution >= 0.6 is 11.6 Å². The molecular formula is C14H14ClN3O3S. The molecule has 1 aliphatic rings. The van der Waals surface area contributed by atoms with Gasteiger partial charge in [-0.3, -0.25) is 4.98 Å². The second-order valence-electron chi connectivity index (χ2n) is 4.96. The maximum absolute atomic E-state index is 12.5. The number of hydrogen-bond acceptors (Lipinski definition) is 5. The molecule has 0 atom stereocenters. The highest BCUT2D eigenvalue weighted by Crippen LogP contribution is 2.32. The fraction of sp³-hybridized carbons (Fsp3) is 0.286. The van der Waals surface area contributed by atoms with Crippen LogP contribution in [0.25, 0.3) is 11.3 Å². The van der Waals surface area contributed by atoms with Crippen LogP contribution in [0.4, 0.5) is 0 Å². The van der Waals surface area contributed by atoms with E-state index in [-0.39, 0.29) is 21.8 Å². The summed E-state index contributed by atoms with van der Waals surface area (Å²) in [5.41, 5.74) is 0.991. The predicted molar refractivity (Wildman–Crippen MR) is 82.4 cm³/mol. The summed E-state index contributed by atoms with van der Waals surface area (Å²) in [7, 11) is -2.22. The van der Waals surface area contributed by atoms with Gasteiger partial charge in [0.1, 0.15) is 16.3 Å². The Morgan fingerprint density at radius 3 is 2.64 bits per heavy atom. The van der Waals surface area contributed by atoms with E-state index in [1.54, 1.807) is 12.1 Å². The van der Waals surface area contributed by atoms with Crippen molar-refractivity contribution in [1.29, 1.82) is 0 Å². The van der Waals surface area contributed by atoms with Gasteiger partial charge in [0.2, 0.25) is 10.0 Å². The van der Waals surface area contributed by atoms with E-state index in [9.17, 15) is 8.42 Å². The van der Waals surface area contributed by atoms with Crippen LogP contribution in [0, 0.1) is 0 Å². The van der Waals surface area contributed by atoms with Crippen molar-refractivity contribution in [2.75, 3.05) is 7.11 Å². The Hall–Kier alpha value is -1.70. The Balaban J connectivity index is 2.08. The molecule has 0 spiro atoms. The molecule has 0 saturated heterocycles. The third-order valence-corrected chi connectivity index (χ3v) is 5.10. The zero-order valence-electron chi connectivity index (χ0n) is 11.8. The molecule has 2 aromatic rings. The van der Waals surface area contributed by atoms with Crippen molar-refractivity contribution >= 4 is 21.6 Å². The molecule has 116 valence electrons. The van der Waals surface area contributed by atoms with Gasteiger partial charge in [-0.25, -0.2) is 18.1 Å². The van der Waals surface area contributed by atoms with E-state index in [1.165, 1.54) is 25.6 Å². The summed E-state index contributed by atoms with van der Waals surface area (Å²) >= 11 is 6.02. The van der Waals surface area contributed by atoms with Gasteiger partial charge in [0.05, 0.1) is 7.11 Å². The van der Waals surface area contributed by atoms with Crippen LogP contribution in [-0.4, -0.2) is 31.5 Å². The molecule has 8 heteroatoms. The zero-order chi connectivity index (χ0) is 15.7. The van der Waals surface area contributed by atoms with Crippen molar-refractivity contribution in [2.45, 2.75) is 23.8 Å². The lowest BCUT2D eigenvalue weighted by Gasteiger charge is -2.12. The predicted octanol–water partition coefficient (Wildman–Crippen LogP) is 2.25. The number of halogens is 1. The average Bonchev–Trinajstić information content (AvgIpc) is 3.30. The third-order valence-electron chi connectivity index (χ3n) is 3.28. The minimum atomic E-state index is -3.65. The molecule has 1 fully saturated rings. The van der Waals surface area contributed by atoms with Gasteiger partial charge in [-0.05, 0) is 31.0 Å². The molecule has 1 heterocycles. The number of nitrogens with zero attached hydrogens (tertiary/aromatic N) is 2. The first-order valence-electron chi connectivity index (χ1n) is 6.68. The SMILES string of the molecule is COc1ccc(-c2nccnc2Cl)cc1S(=O)(=O)NC1CC1. The number of aromatic nitrogens is 2. The van der Waals surface area contributed by atoms with Crippen LogP contribution in [-0.2, 0) is 10.0 Å². The van der Waals surface area contributed by atoms with E-state index in [4.69, 9.17) is 16.3 Å². The summed E-state index contributed by atoms with van der Waals surface area (Å²) in [6.45, 7) is 0. The smallest absolute Gasteiger partial charge is 0.244 e. The molecule has 1 saturated carbocycles. The van der Waals surface area contributed by atoms with Crippen molar-refractivity contribution in [2.24, 2.45) is 0 Å². The summed E-state index contributed by atoms with van der Waals surface area (Å²) < 4.78 is 32.7. The van der Waals surface area contributed by atoms with E-state index < -0.39 is 10.0 Å². The van der Waals surface area contributed by atoms with Crippen LogP contribution in [0.2, 0.25) is 5.15 Å². The quantitative estimate of drug-likeness (QED) is 0.903. The van der Waals surface area contributed by atoms with Gasteiger partial charge < -0.3 is 4.74 Å². The first kappa shape index (κ1) is 15.2. The molecule has 1 aromatic carbocycles. The number of ether oxygens (including phenoxy) is 1. The third kappa shape index (κ3) is 3.06. The highest BCUT2D eigenvalue weighted by molar-refractivity contribution is 7.89. The van der Waals surface area contributed by atoms with Gasteiger partial charge in [0.15, 0.2) is 5.15 Å². The van der Waals surface area contributed by atoms with Crippen LogP contribution in [0.3, 0.4) is 0 Å². The summed E-state index contributed by atoms with van der Waals surface area (Å²) in [5.74, 6) is 0.275. The average molecular weight is 340 g/mol. The van der Waals surface area contributed by atoms with Crippen LogP contribution in [0.1, 0.15) is 12.8 Å². The lowest BCUT2D eigenvalue weighted by Crippen LogP contribution is -2.26. The van der Waals surface area contributed by atoms with Gasteiger partial charge in [-0.2, -0.15) is 0 Å². The molecule has 22 heavy (non-hydrogen) atoms. The Kier molecular flexibility index (Phi) is 4.03. The summed E-state index contributed by atoms with van der Waals surface area (Å²) in [5, 5.41) is 0.214. The number of hydrogen-bond donors (Lipinski definition) is 1. The molecule has 6 nitrogen and oxygen atoms in total. The largest absolute Gasteiger partial charge is 0.495 e. The van der Waals surface area contributed by atoms with Crippen LogP contribution in [0.5, 0.6) is 5.75 Å². The number of nitrogens with one attached hydrogen (secondary N) is 1. The number of sulfonamides is 1. The van der Waals surface area contributed by atoms with Crippen LogP contribution < -0.4 is 9.46 Å². The topological polar surface area (TPSA) is 81.2 Å². The second kappa shape index (κ2) is 5.83. The second-order valence-corrected chi connectivity index (χ2v) is 7.00.